The molecule has 3 nitrogen and oxygen atoms in total. The van der Waals surface area contributed by atoms with Crippen LogP contribution in [0.25, 0.3) is 0 Å². The summed E-state index contributed by atoms with van der Waals surface area (Å²) in [5.74, 6) is 0.173. The highest BCUT2D eigenvalue weighted by Crippen LogP contribution is 2.22. The van der Waals surface area contributed by atoms with E-state index in [1.807, 2.05) is 26.0 Å². The molecule has 4 heteroatoms. The smallest absolute Gasteiger partial charge is 0.255 e. The van der Waals surface area contributed by atoms with Gasteiger partial charge in [0, 0.05) is 11.3 Å². The zero-order valence-corrected chi connectivity index (χ0v) is 12.4. The van der Waals surface area contributed by atoms with Crippen LogP contribution in [0.1, 0.15) is 28.4 Å². The van der Waals surface area contributed by atoms with E-state index in [2.05, 4.69) is 5.32 Å². The van der Waals surface area contributed by atoms with Crippen molar-refractivity contribution in [3.05, 3.63) is 58.9 Å². The van der Waals surface area contributed by atoms with Gasteiger partial charge >= 0.3 is 0 Å². The lowest BCUT2D eigenvalue weighted by Gasteiger charge is -2.12. The summed E-state index contributed by atoms with van der Waals surface area (Å²) in [6.07, 6.45) is 0. The van der Waals surface area contributed by atoms with Crippen LogP contribution in [0.2, 0.25) is 0 Å². The first-order valence-corrected chi connectivity index (χ1v) is 6.82. The number of aryl methyl sites for hydroxylation is 2. The van der Waals surface area contributed by atoms with Crippen molar-refractivity contribution in [1.82, 2.24) is 0 Å². The topological polar surface area (TPSA) is 38.3 Å². The van der Waals surface area contributed by atoms with Gasteiger partial charge in [0.25, 0.3) is 5.91 Å². The van der Waals surface area contributed by atoms with E-state index in [9.17, 15) is 9.18 Å². The maximum absolute atomic E-state index is 13.1. The second kappa shape index (κ2) is 6.39. The lowest BCUT2D eigenvalue weighted by Crippen LogP contribution is -2.14. The van der Waals surface area contributed by atoms with Gasteiger partial charge in [-0.3, -0.25) is 4.79 Å². The third-order valence-corrected chi connectivity index (χ3v) is 3.19. The number of hydrogen-bond acceptors (Lipinski definition) is 2. The van der Waals surface area contributed by atoms with Crippen molar-refractivity contribution in [1.29, 1.82) is 0 Å². The molecule has 0 saturated carbocycles. The number of anilines is 1. The van der Waals surface area contributed by atoms with Crippen LogP contribution >= 0.6 is 0 Å². The second-order valence-electron chi connectivity index (χ2n) is 4.82. The van der Waals surface area contributed by atoms with E-state index in [1.54, 1.807) is 13.0 Å². The monoisotopic (exact) mass is 287 g/mol. The summed E-state index contributed by atoms with van der Waals surface area (Å²) in [7, 11) is 0. The molecule has 0 fully saturated rings. The fourth-order valence-corrected chi connectivity index (χ4v) is 2.10. The van der Waals surface area contributed by atoms with Crippen LogP contribution in [0.15, 0.2) is 36.4 Å². The summed E-state index contributed by atoms with van der Waals surface area (Å²) in [6, 6.07) is 9.61. The normalized spacial score (nSPS) is 10.3. The molecular formula is C17H18FNO2. The molecule has 0 bridgehead atoms. The van der Waals surface area contributed by atoms with Gasteiger partial charge in [-0.2, -0.15) is 0 Å². The summed E-state index contributed by atoms with van der Waals surface area (Å²) < 4.78 is 18.5. The Morgan fingerprint density at radius 2 is 1.90 bits per heavy atom. The predicted octanol–water partition coefficient (Wildman–Crippen LogP) is 4.09. The first-order valence-electron chi connectivity index (χ1n) is 6.82. The third-order valence-electron chi connectivity index (χ3n) is 3.19. The molecule has 0 aromatic heterocycles. The SMILES string of the molecule is CCOc1ccc(NC(=O)c2ccc(F)cc2C)c(C)c1. The van der Waals surface area contributed by atoms with Crippen LogP contribution < -0.4 is 10.1 Å². The van der Waals surface area contributed by atoms with E-state index >= 15 is 0 Å². The predicted molar refractivity (Wildman–Crippen MR) is 81.4 cm³/mol. The lowest BCUT2D eigenvalue weighted by atomic mass is 10.1. The van der Waals surface area contributed by atoms with Crippen molar-refractivity contribution in [3.8, 4) is 5.75 Å². The first kappa shape index (κ1) is 15.0. The third kappa shape index (κ3) is 3.60. The van der Waals surface area contributed by atoms with E-state index in [4.69, 9.17) is 4.74 Å². The molecule has 2 aromatic rings. The van der Waals surface area contributed by atoms with Gasteiger partial charge in [0.05, 0.1) is 6.61 Å². The molecule has 0 aliphatic carbocycles. The Labute approximate surface area is 123 Å². The molecule has 1 N–H and O–H groups in total. The van der Waals surface area contributed by atoms with Crippen molar-refractivity contribution < 1.29 is 13.9 Å². The van der Waals surface area contributed by atoms with Crippen molar-refractivity contribution in [2.75, 3.05) is 11.9 Å². The molecule has 0 saturated heterocycles. The number of benzene rings is 2. The largest absolute Gasteiger partial charge is 0.494 e. The number of carbonyl (C=O) groups is 1. The summed E-state index contributed by atoms with van der Waals surface area (Å²) in [5, 5.41) is 2.84. The molecule has 0 atom stereocenters. The van der Waals surface area contributed by atoms with Crippen LogP contribution in [0.5, 0.6) is 5.75 Å². The Hall–Kier alpha value is -2.36. The molecule has 110 valence electrons. The minimum Gasteiger partial charge on any atom is -0.494 e. The molecule has 1 amide bonds. The van der Waals surface area contributed by atoms with Crippen molar-refractivity contribution in [2.24, 2.45) is 0 Å². The zero-order chi connectivity index (χ0) is 15.4. The van der Waals surface area contributed by atoms with E-state index < -0.39 is 0 Å². The van der Waals surface area contributed by atoms with Gasteiger partial charge in [0.15, 0.2) is 0 Å². The maximum atomic E-state index is 13.1. The van der Waals surface area contributed by atoms with E-state index in [0.717, 1.165) is 11.3 Å². The Kier molecular flexibility index (Phi) is 4.58. The molecule has 0 spiro atoms. The number of hydrogen-bond donors (Lipinski definition) is 1. The second-order valence-corrected chi connectivity index (χ2v) is 4.82. The fraction of sp³-hybridized carbons (Fsp3) is 0.235. The van der Waals surface area contributed by atoms with E-state index in [-0.39, 0.29) is 11.7 Å². The molecular weight excluding hydrogens is 269 g/mol. The lowest BCUT2D eigenvalue weighted by molar-refractivity contribution is 0.102. The summed E-state index contributed by atoms with van der Waals surface area (Å²) >= 11 is 0. The number of nitrogens with one attached hydrogen (secondary N) is 1. The summed E-state index contributed by atoms with van der Waals surface area (Å²) in [4.78, 5) is 12.2. The number of ether oxygens (including phenoxy) is 1. The van der Waals surface area contributed by atoms with Gasteiger partial charge in [-0.1, -0.05) is 0 Å². The Morgan fingerprint density at radius 3 is 2.52 bits per heavy atom. The summed E-state index contributed by atoms with van der Waals surface area (Å²) in [5.41, 5.74) is 2.70. The van der Waals surface area contributed by atoms with Crippen LogP contribution in [-0.4, -0.2) is 12.5 Å². The van der Waals surface area contributed by atoms with Crippen LogP contribution in [0.3, 0.4) is 0 Å². The molecule has 0 unspecified atom stereocenters. The Morgan fingerprint density at radius 1 is 1.14 bits per heavy atom. The molecule has 0 radical (unpaired) electrons. The molecule has 0 aliphatic rings. The highest BCUT2D eigenvalue weighted by atomic mass is 19.1. The van der Waals surface area contributed by atoms with Crippen molar-refractivity contribution in [2.45, 2.75) is 20.8 Å². The minimum atomic E-state index is -0.346. The maximum Gasteiger partial charge on any atom is 0.255 e. The fourth-order valence-electron chi connectivity index (χ4n) is 2.10. The van der Waals surface area contributed by atoms with Gasteiger partial charge in [0.2, 0.25) is 0 Å². The number of rotatable bonds is 4. The van der Waals surface area contributed by atoms with Gasteiger partial charge in [-0.25, -0.2) is 4.39 Å². The molecule has 0 aliphatic heterocycles. The number of halogens is 1. The van der Waals surface area contributed by atoms with Crippen molar-refractivity contribution in [3.63, 3.8) is 0 Å². The first-order chi connectivity index (χ1) is 10.0. The molecule has 0 heterocycles. The standard InChI is InChI=1S/C17H18FNO2/c1-4-21-14-6-8-16(12(3)10-14)19-17(20)15-7-5-13(18)9-11(15)2/h5-10H,4H2,1-3H3,(H,19,20). The van der Waals surface area contributed by atoms with Crippen molar-refractivity contribution >= 4 is 11.6 Å². The van der Waals surface area contributed by atoms with Crippen LogP contribution in [-0.2, 0) is 0 Å². The highest BCUT2D eigenvalue weighted by molar-refractivity contribution is 6.05. The average molecular weight is 287 g/mol. The Balaban J connectivity index is 2.19. The highest BCUT2D eigenvalue weighted by Gasteiger charge is 2.11. The molecule has 21 heavy (non-hydrogen) atoms. The molecule has 2 aromatic carbocycles. The van der Waals surface area contributed by atoms with E-state index in [0.29, 0.717) is 23.4 Å². The van der Waals surface area contributed by atoms with Gasteiger partial charge in [-0.05, 0) is 68.3 Å². The quantitative estimate of drug-likeness (QED) is 0.919. The van der Waals surface area contributed by atoms with Gasteiger partial charge < -0.3 is 10.1 Å². The molecule has 2 rings (SSSR count). The van der Waals surface area contributed by atoms with Gasteiger partial charge in [-0.15, -0.1) is 0 Å². The number of amides is 1. The zero-order valence-electron chi connectivity index (χ0n) is 12.4. The van der Waals surface area contributed by atoms with Crippen LogP contribution in [0.4, 0.5) is 10.1 Å². The minimum absolute atomic E-state index is 0.250. The summed E-state index contributed by atoms with van der Waals surface area (Å²) in [6.45, 7) is 6.13. The average Bonchev–Trinajstić information content (AvgIpc) is 2.42. The Bertz CT molecular complexity index is 668. The number of carbonyl (C=O) groups excluding carboxylic acids is 1. The van der Waals surface area contributed by atoms with Crippen LogP contribution in [0, 0.1) is 19.7 Å². The van der Waals surface area contributed by atoms with E-state index in [1.165, 1.54) is 18.2 Å². The van der Waals surface area contributed by atoms with Gasteiger partial charge in [0.1, 0.15) is 11.6 Å².